The monoisotopic (exact) mass is 276 g/mol. The van der Waals surface area contributed by atoms with Crippen LogP contribution in [0.2, 0.25) is 5.02 Å². The second-order valence-corrected chi connectivity index (χ2v) is 3.58. The fourth-order valence-corrected chi connectivity index (χ4v) is 1.44. The van der Waals surface area contributed by atoms with Crippen LogP contribution in [0.5, 0.6) is 6.01 Å². The summed E-state index contributed by atoms with van der Waals surface area (Å²) >= 11 is 5.72. The minimum Gasteiger partial charge on any atom is -0.468 e. The Bertz CT molecular complexity index is 619. The number of H-pyrrole nitrogens is 1. The van der Waals surface area contributed by atoms with Gasteiger partial charge in [-0.1, -0.05) is 11.6 Å². The summed E-state index contributed by atoms with van der Waals surface area (Å²) in [4.78, 5) is 29.2. The number of nitrogens with one attached hydrogen (secondary N) is 1. The van der Waals surface area contributed by atoms with E-state index in [0.29, 0.717) is 10.7 Å². The largest absolute Gasteiger partial charge is 0.468 e. The van der Waals surface area contributed by atoms with Gasteiger partial charge in [0.05, 0.1) is 12.8 Å². The third-order valence-electron chi connectivity index (χ3n) is 2.08. The molecule has 0 fully saturated rings. The van der Waals surface area contributed by atoms with Gasteiger partial charge >= 0.3 is 17.4 Å². The molecule has 0 spiro atoms. The maximum atomic E-state index is 11.7. The van der Waals surface area contributed by atoms with Crippen molar-refractivity contribution in [2.75, 3.05) is 7.11 Å². The van der Waals surface area contributed by atoms with Gasteiger partial charge in [-0.15, -0.1) is 4.98 Å². The molecule has 6 nitrogen and oxygen atoms in total. The molecule has 89 valence electrons. The average molecular weight is 277 g/mol. The van der Waals surface area contributed by atoms with Crippen LogP contribution < -0.4 is 16.1 Å². The minimum absolute atomic E-state index is 0. The molecular formula is C10H8ClN3NaO3. The molecule has 0 aliphatic carbocycles. The molecule has 18 heavy (non-hydrogen) atoms. The molecule has 0 saturated carbocycles. The number of nitrogens with zero attached hydrogens (tertiary/aromatic N) is 2. The van der Waals surface area contributed by atoms with Gasteiger partial charge in [0.15, 0.2) is 0 Å². The Morgan fingerprint density at radius 1 is 1.28 bits per heavy atom. The Balaban J connectivity index is 0.00000162. The number of aromatic amines is 1. The SMILES string of the molecule is COc1nc(=O)n(-c2ccc(Cl)cc2)c(=O)[nH]1.[Na]. The van der Waals surface area contributed by atoms with E-state index in [1.165, 1.54) is 7.11 Å². The number of ether oxygens (including phenoxy) is 1. The summed E-state index contributed by atoms with van der Waals surface area (Å²) in [7, 11) is 1.31. The standard InChI is InChI=1S/C10H8ClN3O3.Na/c1-17-8-12-9(15)14(10(16)13-8)7-4-2-6(11)3-5-7;/h2-5H,1H3,(H,12,13,15,16);. The number of aromatic nitrogens is 3. The van der Waals surface area contributed by atoms with Gasteiger partial charge < -0.3 is 4.74 Å². The molecule has 0 saturated heterocycles. The smallest absolute Gasteiger partial charge is 0.360 e. The fourth-order valence-electron chi connectivity index (χ4n) is 1.31. The topological polar surface area (TPSA) is 77.0 Å². The molecule has 8 heteroatoms. The summed E-state index contributed by atoms with van der Waals surface area (Å²) in [5.74, 6) is 0. The second-order valence-electron chi connectivity index (χ2n) is 3.15. The molecule has 0 aliphatic heterocycles. The Labute approximate surface area is 129 Å². The predicted molar refractivity (Wildman–Crippen MR) is 67.8 cm³/mol. The summed E-state index contributed by atoms with van der Waals surface area (Å²) in [6.45, 7) is 0. The first-order valence-corrected chi connectivity index (χ1v) is 5.03. The van der Waals surface area contributed by atoms with Crippen molar-refractivity contribution < 1.29 is 4.74 Å². The minimum atomic E-state index is -0.715. The van der Waals surface area contributed by atoms with Crippen LogP contribution in [0.25, 0.3) is 5.69 Å². The number of rotatable bonds is 2. The summed E-state index contributed by atoms with van der Waals surface area (Å²) in [6.07, 6.45) is 0. The van der Waals surface area contributed by atoms with Crippen molar-refractivity contribution in [2.45, 2.75) is 0 Å². The van der Waals surface area contributed by atoms with E-state index < -0.39 is 11.4 Å². The first-order chi connectivity index (χ1) is 8.11. The summed E-state index contributed by atoms with van der Waals surface area (Å²) in [5, 5.41) is 0.514. The molecule has 1 aromatic heterocycles. The van der Waals surface area contributed by atoms with Gasteiger partial charge in [-0.25, -0.2) is 14.2 Å². The van der Waals surface area contributed by atoms with Crippen LogP contribution in [0.3, 0.4) is 0 Å². The van der Waals surface area contributed by atoms with E-state index in [1.807, 2.05) is 0 Å². The molecule has 1 heterocycles. The Morgan fingerprint density at radius 2 is 1.89 bits per heavy atom. The number of halogens is 1. The van der Waals surface area contributed by atoms with Crippen molar-refractivity contribution in [3.8, 4) is 11.7 Å². The quantitative estimate of drug-likeness (QED) is 0.795. The maximum absolute atomic E-state index is 11.7. The molecule has 0 atom stereocenters. The van der Waals surface area contributed by atoms with Crippen LogP contribution in [0.4, 0.5) is 0 Å². The molecule has 0 amide bonds. The molecule has 1 radical (unpaired) electrons. The van der Waals surface area contributed by atoms with E-state index in [-0.39, 0.29) is 35.6 Å². The van der Waals surface area contributed by atoms with Crippen molar-refractivity contribution in [3.05, 3.63) is 50.3 Å². The Morgan fingerprint density at radius 3 is 2.39 bits per heavy atom. The van der Waals surface area contributed by atoms with Gasteiger partial charge in [-0.05, 0) is 24.3 Å². The number of benzene rings is 1. The van der Waals surface area contributed by atoms with Gasteiger partial charge in [-0.2, -0.15) is 0 Å². The van der Waals surface area contributed by atoms with Crippen molar-refractivity contribution in [1.82, 2.24) is 14.5 Å². The predicted octanol–water partition coefficient (Wildman–Crippen LogP) is 0.202. The Hall–Kier alpha value is -1.08. The van der Waals surface area contributed by atoms with Crippen molar-refractivity contribution in [1.29, 1.82) is 0 Å². The van der Waals surface area contributed by atoms with E-state index in [4.69, 9.17) is 11.6 Å². The zero-order chi connectivity index (χ0) is 12.4. The van der Waals surface area contributed by atoms with Gasteiger partial charge in [-0.3, -0.25) is 4.98 Å². The van der Waals surface area contributed by atoms with E-state index in [9.17, 15) is 9.59 Å². The van der Waals surface area contributed by atoms with Crippen molar-refractivity contribution in [2.24, 2.45) is 0 Å². The van der Waals surface area contributed by atoms with Crippen molar-refractivity contribution in [3.63, 3.8) is 0 Å². The number of methoxy groups -OCH3 is 1. The zero-order valence-corrected chi connectivity index (χ0v) is 12.6. The normalized spacial score (nSPS) is 9.67. The molecule has 0 unspecified atom stereocenters. The molecule has 0 bridgehead atoms. The summed E-state index contributed by atoms with van der Waals surface area (Å²) < 4.78 is 5.57. The van der Waals surface area contributed by atoms with E-state index in [0.717, 1.165) is 4.57 Å². The first-order valence-electron chi connectivity index (χ1n) is 4.65. The van der Waals surface area contributed by atoms with E-state index in [2.05, 4.69) is 14.7 Å². The van der Waals surface area contributed by atoms with Crippen LogP contribution in [-0.2, 0) is 0 Å². The second kappa shape index (κ2) is 6.19. The first kappa shape index (κ1) is 15.0. The van der Waals surface area contributed by atoms with Crippen LogP contribution in [-0.4, -0.2) is 51.2 Å². The van der Waals surface area contributed by atoms with Gasteiger partial charge in [0.25, 0.3) is 0 Å². The third kappa shape index (κ3) is 3.02. The number of hydrogen-bond acceptors (Lipinski definition) is 4. The summed E-state index contributed by atoms with van der Waals surface area (Å²) in [6, 6.07) is 6.13. The fraction of sp³-hybridized carbons (Fsp3) is 0.100. The Kier molecular flexibility index (Phi) is 5.15. The average Bonchev–Trinajstić information content (AvgIpc) is 2.30. The molecule has 1 N–H and O–H groups in total. The van der Waals surface area contributed by atoms with Crippen LogP contribution in [0.1, 0.15) is 0 Å². The number of hydrogen-bond donors (Lipinski definition) is 1. The van der Waals surface area contributed by atoms with Gasteiger partial charge in [0.1, 0.15) is 0 Å². The van der Waals surface area contributed by atoms with E-state index >= 15 is 0 Å². The summed E-state index contributed by atoms with van der Waals surface area (Å²) in [5.41, 5.74) is -0.951. The maximum Gasteiger partial charge on any atom is 0.360 e. The van der Waals surface area contributed by atoms with Gasteiger partial charge in [0.2, 0.25) is 0 Å². The molecular weight excluding hydrogens is 269 g/mol. The van der Waals surface area contributed by atoms with E-state index in [1.54, 1.807) is 24.3 Å². The van der Waals surface area contributed by atoms with Gasteiger partial charge in [0, 0.05) is 34.6 Å². The third-order valence-corrected chi connectivity index (χ3v) is 2.34. The molecule has 0 aliphatic rings. The van der Waals surface area contributed by atoms with Crippen molar-refractivity contribution >= 4 is 41.2 Å². The molecule has 2 rings (SSSR count). The van der Waals surface area contributed by atoms with Crippen LogP contribution in [0, 0.1) is 0 Å². The van der Waals surface area contributed by atoms with Crippen LogP contribution in [0.15, 0.2) is 33.9 Å². The molecule has 1 aromatic carbocycles. The van der Waals surface area contributed by atoms with Crippen LogP contribution >= 0.6 is 11.6 Å². The molecule has 2 aromatic rings. The zero-order valence-electron chi connectivity index (χ0n) is 9.81.